The third kappa shape index (κ3) is 4.07. The number of anilines is 3. The maximum absolute atomic E-state index is 5.10. The van der Waals surface area contributed by atoms with E-state index >= 15 is 0 Å². The number of nitrogens with zero attached hydrogens (tertiary/aromatic N) is 3. The van der Waals surface area contributed by atoms with E-state index in [4.69, 9.17) is 4.98 Å². The van der Waals surface area contributed by atoms with Crippen molar-refractivity contribution in [2.24, 2.45) is 13.0 Å². The quantitative estimate of drug-likeness (QED) is 0.370. The lowest BCUT2D eigenvalue weighted by Crippen LogP contribution is -2.05. The minimum Gasteiger partial charge on any atom is -0.378 e. The Kier molecular flexibility index (Phi) is 5.33. The number of hydrogen-bond donors (Lipinski definition) is 2. The first-order chi connectivity index (χ1) is 15.5. The summed E-state index contributed by atoms with van der Waals surface area (Å²) in [6.45, 7) is 7.14. The first kappa shape index (κ1) is 20.6. The summed E-state index contributed by atoms with van der Waals surface area (Å²) in [4.78, 5) is 9.56. The fourth-order valence-electron chi connectivity index (χ4n) is 4.60. The molecule has 5 heteroatoms. The molecule has 5 rings (SSSR count). The van der Waals surface area contributed by atoms with Gasteiger partial charge >= 0.3 is 0 Å². The van der Waals surface area contributed by atoms with Crippen molar-refractivity contribution in [1.82, 2.24) is 14.5 Å². The molecule has 2 aromatic heterocycles. The van der Waals surface area contributed by atoms with Crippen molar-refractivity contribution in [3.05, 3.63) is 76.6 Å². The molecule has 0 aliphatic heterocycles. The second-order valence-corrected chi connectivity index (χ2v) is 9.18. The van der Waals surface area contributed by atoms with Gasteiger partial charge in [-0.05, 0) is 80.8 Å². The van der Waals surface area contributed by atoms with E-state index in [2.05, 4.69) is 72.3 Å². The fourth-order valence-corrected chi connectivity index (χ4v) is 4.60. The Morgan fingerprint density at radius 1 is 1.03 bits per heavy atom. The molecule has 0 radical (unpaired) electrons. The first-order valence-corrected chi connectivity index (χ1v) is 11.5. The zero-order valence-corrected chi connectivity index (χ0v) is 19.4. The molecule has 32 heavy (non-hydrogen) atoms. The number of aryl methyl sites for hydroxylation is 4. The van der Waals surface area contributed by atoms with E-state index in [-0.39, 0.29) is 0 Å². The highest BCUT2D eigenvalue weighted by molar-refractivity contribution is 5.93. The third-order valence-electron chi connectivity index (χ3n) is 6.41. The van der Waals surface area contributed by atoms with Gasteiger partial charge in [0.25, 0.3) is 0 Å². The number of fused-ring (bicyclic) bond motifs is 1. The lowest BCUT2D eigenvalue weighted by Gasteiger charge is -2.14. The van der Waals surface area contributed by atoms with Gasteiger partial charge in [0.15, 0.2) is 0 Å². The van der Waals surface area contributed by atoms with Crippen LogP contribution < -0.4 is 10.6 Å². The van der Waals surface area contributed by atoms with Crippen LogP contribution in [0.5, 0.6) is 0 Å². The summed E-state index contributed by atoms with van der Waals surface area (Å²) in [5, 5.41) is 7.23. The van der Waals surface area contributed by atoms with Crippen LogP contribution in [0.2, 0.25) is 0 Å². The molecule has 2 heterocycles. The Bertz CT molecular complexity index is 1250. The van der Waals surface area contributed by atoms with E-state index < -0.39 is 0 Å². The second-order valence-electron chi connectivity index (χ2n) is 9.18. The average Bonchev–Trinajstić information content (AvgIpc) is 3.53. The van der Waals surface area contributed by atoms with Gasteiger partial charge in [-0.3, -0.25) is 4.98 Å². The molecule has 2 aromatic carbocycles. The minimum absolute atomic E-state index is 0.683. The molecule has 0 saturated heterocycles. The van der Waals surface area contributed by atoms with Crippen molar-refractivity contribution >= 4 is 28.4 Å². The molecule has 0 unspecified atom stereocenters. The largest absolute Gasteiger partial charge is 0.378 e. The molecular formula is C27H31N5. The van der Waals surface area contributed by atoms with Crippen molar-refractivity contribution in [3.8, 4) is 0 Å². The lowest BCUT2D eigenvalue weighted by molar-refractivity contribution is 0.837. The van der Waals surface area contributed by atoms with Gasteiger partial charge in [0, 0.05) is 18.9 Å². The number of nitrogens with one attached hydrogen (secondary N) is 2. The Labute approximate surface area is 189 Å². The molecular weight excluding hydrogens is 394 g/mol. The zero-order valence-electron chi connectivity index (χ0n) is 19.4. The standard InChI is InChI=1S/C27H31N5/c1-17-13-18(2)24(19(3)14-17)30-27-31-25-21(15-20-8-9-20)10-11-23(26(25)32(27)4)29-16-22-7-5-6-12-28-22/h5-7,10-14,20,29H,8-9,15-16H2,1-4H3,(H,30,31). The second kappa shape index (κ2) is 8.30. The first-order valence-electron chi connectivity index (χ1n) is 11.5. The maximum Gasteiger partial charge on any atom is 0.208 e. The highest BCUT2D eigenvalue weighted by atomic mass is 15.2. The summed E-state index contributed by atoms with van der Waals surface area (Å²) < 4.78 is 2.19. The molecule has 1 aliphatic rings. The van der Waals surface area contributed by atoms with Crippen molar-refractivity contribution in [2.45, 2.75) is 46.6 Å². The zero-order chi connectivity index (χ0) is 22.2. The van der Waals surface area contributed by atoms with Crippen molar-refractivity contribution in [3.63, 3.8) is 0 Å². The van der Waals surface area contributed by atoms with E-state index in [0.29, 0.717) is 6.54 Å². The molecule has 4 aromatic rings. The predicted octanol–water partition coefficient (Wildman–Crippen LogP) is 6.20. The Hall–Kier alpha value is -3.34. The van der Waals surface area contributed by atoms with Crippen molar-refractivity contribution in [1.29, 1.82) is 0 Å². The summed E-state index contributed by atoms with van der Waals surface area (Å²) in [7, 11) is 2.10. The highest BCUT2D eigenvalue weighted by Crippen LogP contribution is 2.37. The van der Waals surface area contributed by atoms with Gasteiger partial charge < -0.3 is 15.2 Å². The van der Waals surface area contributed by atoms with E-state index in [1.807, 2.05) is 24.4 Å². The van der Waals surface area contributed by atoms with Gasteiger partial charge in [-0.25, -0.2) is 4.98 Å². The van der Waals surface area contributed by atoms with E-state index in [1.54, 1.807) is 0 Å². The summed E-state index contributed by atoms with van der Waals surface area (Å²) in [6.07, 6.45) is 5.61. The van der Waals surface area contributed by atoms with Crippen LogP contribution in [0.3, 0.4) is 0 Å². The van der Waals surface area contributed by atoms with Gasteiger partial charge in [0.1, 0.15) is 0 Å². The van der Waals surface area contributed by atoms with Crippen LogP contribution in [-0.2, 0) is 20.0 Å². The number of hydrogen-bond acceptors (Lipinski definition) is 4. The molecule has 0 amide bonds. The van der Waals surface area contributed by atoms with Crippen LogP contribution in [0.1, 0.15) is 40.8 Å². The monoisotopic (exact) mass is 425 g/mol. The topological polar surface area (TPSA) is 54.8 Å². The molecule has 0 spiro atoms. The van der Waals surface area contributed by atoms with Crippen LogP contribution >= 0.6 is 0 Å². The molecule has 2 N–H and O–H groups in total. The molecule has 1 aliphatic carbocycles. The van der Waals surface area contributed by atoms with E-state index in [9.17, 15) is 0 Å². The molecule has 1 fully saturated rings. The number of aromatic nitrogens is 3. The number of imidazole rings is 1. The van der Waals surface area contributed by atoms with Gasteiger partial charge in [-0.2, -0.15) is 0 Å². The smallest absolute Gasteiger partial charge is 0.208 e. The number of pyridine rings is 1. The minimum atomic E-state index is 0.683. The van der Waals surface area contributed by atoms with Gasteiger partial charge in [0.2, 0.25) is 5.95 Å². The average molecular weight is 426 g/mol. The molecule has 5 nitrogen and oxygen atoms in total. The van der Waals surface area contributed by atoms with Crippen LogP contribution in [0.15, 0.2) is 48.7 Å². The summed E-state index contributed by atoms with van der Waals surface area (Å²) >= 11 is 0. The molecule has 0 atom stereocenters. The predicted molar refractivity (Wildman–Crippen MR) is 133 cm³/mol. The lowest BCUT2D eigenvalue weighted by atomic mass is 10.1. The highest BCUT2D eigenvalue weighted by Gasteiger charge is 2.24. The maximum atomic E-state index is 5.10. The van der Waals surface area contributed by atoms with Crippen LogP contribution in [-0.4, -0.2) is 14.5 Å². The Morgan fingerprint density at radius 3 is 2.50 bits per heavy atom. The summed E-state index contributed by atoms with van der Waals surface area (Å²) in [5.74, 6) is 1.68. The SMILES string of the molecule is Cc1cc(C)c(Nc2nc3c(CC4CC4)ccc(NCc4ccccn4)c3n2C)c(C)c1. The third-order valence-corrected chi connectivity index (χ3v) is 6.41. The molecule has 164 valence electrons. The molecule has 0 bridgehead atoms. The summed E-state index contributed by atoms with van der Waals surface area (Å²) in [5.41, 5.74) is 10.6. The van der Waals surface area contributed by atoms with Gasteiger partial charge in [-0.1, -0.05) is 29.8 Å². The van der Waals surface area contributed by atoms with Crippen molar-refractivity contribution < 1.29 is 0 Å². The Balaban J connectivity index is 1.55. The van der Waals surface area contributed by atoms with Crippen LogP contribution in [0.4, 0.5) is 17.3 Å². The van der Waals surface area contributed by atoms with Crippen LogP contribution in [0.25, 0.3) is 11.0 Å². The van der Waals surface area contributed by atoms with E-state index in [0.717, 1.165) is 46.4 Å². The number of rotatable bonds is 7. The van der Waals surface area contributed by atoms with Gasteiger partial charge in [0.05, 0.1) is 29.0 Å². The number of benzene rings is 2. The summed E-state index contributed by atoms with van der Waals surface area (Å²) in [6, 6.07) is 14.9. The van der Waals surface area contributed by atoms with Crippen molar-refractivity contribution in [2.75, 3.05) is 10.6 Å². The Morgan fingerprint density at radius 2 is 1.81 bits per heavy atom. The normalized spacial score (nSPS) is 13.5. The van der Waals surface area contributed by atoms with Gasteiger partial charge in [-0.15, -0.1) is 0 Å². The fraction of sp³-hybridized carbons (Fsp3) is 0.333. The van der Waals surface area contributed by atoms with Crippen LogP contribution in [0, 0.1) is 26.7 Å². The molecule has 1 saturated carbocycles. The van der Waals surface area contributed by atoms with E-state index in [1.165, 1.54) is 35.1 Å².